The van der Waals surface area contributed by atoms with Gasteiger partial charge in [0.25, 0.3) is 0 Å². The fourth-order valence-electron chi connectivity index (χ4n) is 1.15. The molecule has 5 nitrogen and oxygen atoms in total. The molecule has 1 rings (SSSR count). The summed E-state index contributed by atoms with van der Waals surface area (Å²) in [6.45, 7) is 1.48. The molecule has 0 aromatic heterocycles. The van der Waals surface area contributed by atoms with Crippen LogP contribution in [0, 0.1) is 0 Å². The molecule has 0 fully saturated rings. The number of carbonyl (C=O) groups excluding carboxylic acids is 1. The smallest absolute Gasteiger partial charge is 0.330 e. The van der Waals surface area contributed by atoms with Crippen LogP contribution < -0.4 is 0 Å². The second kappa shape index (κ2) is 5.06. The van der Waals surface area contributed by atoms with Crippen LogP contribution in [-0.2, 0) is 9.53 Å². The number of cyclic esters (lactones) is 1. The lowest BCUT2D eigenvalue weighted by Gasteiger charge is -2.22. The van der Waals surface area contributed by atoms with Gasteiger partial charge in [-0.3, -0.25) is 0 Å². The summed E-state index contributed by atoms with van der Waals surface area (Å²) in [4.78, 5) is 11.1. The van der Waals surface area contributed by atoms with Gasteiger partial charge in [-0.25, -0.2) is 4.79 Å². The van der Waals surface area contributed by atoms with Gasteiger partial charge in [-0.1, -0.05) is 12.2 Å². The van der Waals surface area contributed by atoms with Crippen molar-refractivity contribution in [1.29, 1.82) is 0 Å². The Morgan fingerprint density at radius 1 is 1.20 bits per heavy atom. The summed E-state index contributed by atoms with van der Waals surface area (Å²) in [7, 11) is 0. The van der Waals surface area contributed by atoms with Crippen molar-refractivity contribution >= 4 is 5.97 Å². The maximum absolute atomic E-state index is 11.1. The van der Waals surface area contributed by atoms with Gasteiger partial charge in [0.2, 0.25) is 0 Å². The summed E-state index contributed by atoms with van der Waals surface area (Å²) in [6.07, 6.45) is 0.694. The normalized spacial score (nSPS) is 41.7. The number of ether oxygens (including phenoxy) is 1. The summed E-state index contributed by atoms with van der Waals surface area (Å²) in [5.74, 6) is -0.664. The number of aliphatic hydroxyl groups excluding tert-OH is 3. The van der Waals surface area contributed by atoms with E-state index < -0.39 is 30.4 Å². The lowest BCUT2D eigenvalue weighted by molar-refractivity contribution is -0.150. The first-order valence-corrected chi connectivity index (χ1v) is 4.62. The van der Waals surface area contributed by atoms with E-state index in [1.165, 1.54) is 25.2 Å². The molecular formula is C10H14O5. The van der Waals surface area contributed by atoms with Gasteiger partial charge in [-0.05, 0) is 13.0 Å². The van der Waals surface area contributed by atoms with E-state index in [-0.39, 0.29) is 0 Å². The maximum atomic E-state index is 11.1. The van der Waals surface area contributed by atoms with Gasteiger partial charge in [-0.15, -0.1) is 0 Å². The number of carbonyl (C=O) groups is 1. The summed E-state index contributed by atoms with van der Waals surface area (Å²) >= 11 is 0. The number of hydrogen-bond acceptors (Lipinski definition) is 5. The van der Waals surface area contributed by atoms with Crippen molar-refractivity contribution in [1.82, 2.24) is 0 Å². The van der Waals surface area contributed by atoms with Crippen LogP contribution in [0.1, 0.15) is 6.92 Å². The Bertz CT molecular complexity index is 284. The van der Waals surface area contributed by atoms with E-state index >= 15 is 0 Å². The lowest BCUT2D eigenvalue weighted by Crippen LogP contribution is -2.37. The Kier molecular flexibility index (Phi) is 4.02. The Hall–Kier alpha value is -1.17. The lowest BCUT2D eigenvalue weighted by atomic mass is 10.1. The van der Waals surface area contributed by atoms with Gasteiger partial charge < -0.3 is 20.1 Å². The highest BCUT2D eigenvalue weighted by Crippen LogP contribution is 2.08. The van der Waals surface area contributed by atoms with Crippen LogP contribution in [0.25, 0.3) is 0 Å². The molecule has 0 saturated carbocycles. The van der Waals surface area contributed by atoms with E-state index in [1.807, 2.05) is 0 Å². The zero-order chi connectivity index (χ0) is 11.4. The zero-order valence-electron chi connectivity index (χ0n) is 8.28. The molecule has 0 bridgehead atoms. The minimum absolute atomic E-state index is 0.664. The molecule has 0 aromatic rings. The maximum Gasteiger partial charge on any atom is 0.330 e. The van der Waals surface area contributed by atoms with E-state index in [4.69, 9.17) is 4.74 Å². The molecule has 0 aliphatic carbocycles. The third-order valence-electron chi connectivity index (χ3n) is 2.07. The van der Waals surface area contributed by atoms with Gasteiger partial charge in [0.1, 0.15) is 18.3 Å². The van der Waals surface area contributed by atoms with Crippen LogP contribution in [0.2, 0.25) is 0 Å². The van der Waals surface area contributed by atoms with Crippen LogP contribution >= 0.6 is 0 Å². The molecule has 4 atom stereocenters. The molecule has 0 aromatic carbocycles. The fraction of sp³-hybridized carbons (Fsp3) is 0.500. The fourth-order valence-corrected chi connectivity index (χ4v) is 1.15. The minimum atomic E-state index is -1.20. The molecule has 84 valence electrons. The molecule has 15 heavy (non-hydrogen) atoms. The number of aliphatic hydroxyl groups is 3. The minimum Gasteiger partial charge on any atom is -0.457 e. The monoisotopic (exact) mass is 214 g/mol. The van der Waals surface area contributed by atoms with Crippen molar-refractivity contribution in [3.8, 4) is 0 Å². The highest BCUT2D eigenvalue weighted by molar-refractivity contribution is 5.82. The van der Waals surface area contributed by atoms with Crippen LogP contribution in [0.3, 0.4) is 0 Å². The molecule has 1 heterocycles. The highest BCUT2D eigenvalue weighted by Gasteiger charge is 2.24. The second-order valence-corrected chi connectivity index (χ2v) is 3.36. The summed E-state index contributed by atoms with van der Waals surface area (Å²) in [6, 6.07) is 0. The zero-order valence-corrected chi connectivity index (χ0v) is 8.28. The molecule has 0 radical (unpaired) electrons. The third-order valence-corrected chi connectivity index (χ3v) is 2.07. The Morgan fingerprint density at radius 3 is 2.53 bits per heavy atom. The van der Waals surface area contributed by atoms with Crippen LogP contribution in [0.15, 0.2) is 24.3 Å². The van der Waals surface area contributed by atoms with Gasteiger partial charge in [0.15, 0.2) is 0 Å². The largest absolute Gasteiger partial charge is 0.457 e. The molecule has 3 N–H and O–H groups in total. The first kappa shape index (κ1) is 11.9. The molecular weight excluding hydrogens is 200 g/mol. The first-order valence-electron chi connectivity index (χ1n) is 4.62. The van der Waals surface area contributed by atoms with Crippen LogP contribution in [0.5, 0.6) is 0 Å². The van der Waals surface area contributed by atoms with Gasteiger partial charge in [0.05, 0.1) is 6.10 Å². The van der Waals surface area contributed by atoms with Gasteiger partial charge >= 0.3 is 5.97 Å². The van der Waals surface area contributed by atoms with Gasteiger partial charge in [-0.2, -0.15) is 0 Å². The molecule has 1 aliphatic heterocycles. The van der Waals surface area contributed by atoms with Crippen LogP contribution in [-0.4, -0.2) is 45.7 Å². The standard InChI is InChI=1S/C10H14O5/c1-6-10(14)8(12)4-2-7(11)3-5-9(13)15-6/h2-8,10-12,14H,1H3/b4-2+,5-3-/t6-,7-,8+,10+/m1/s1. The van der Waals surface area contributed by atoms with Gasteiger partial charge in [0, 0.05) is 6.08 Å². The van der Waals surface area contributed by atoms with Crippen molar-refractivity contribution in [2.45, 2.75) is 31.3 Å². The molecule has 0 saturated heterocycles. The van der Waals surface area contributed by atoms with Crippen molar-refractivity contribution in [3.63, 3.8) is 0 Å². The number of rotatable bonds is 0. The topological polar surface area (TPSA) is 87.0 Å². The Balaban J connectivity index is 2.84. The Labute approximate surface area is 87.3 Å². The third kappa shape index (κ3) is 3.47. The predicted octanol–water partition coefficient (Wildman–Crippen LogP) is -0.873. The Morgan fingerprint density at radius 2 is 1.87 bits per heavy atom. The summed E-state index contributed by atoms with van der Waals surface area (Å²) < 4.78 is 4.78. The summed E-state index contributed by atoms with van der Waals surface area (Å²) in [5.41, 5.74) is 0. The number of esters is 1. The quantitative estimate of drug-likeness (QED) is 0.360. The highest BCUT2D eigenvalue weighted by atomic mass is 16.6. The number of hydrogen-bond donors (Lipinski definition) is 3. The predicted molar refractivity (Wildman–Crippen MR) is 51.9 cm³/mol. The molecule has 5 heteroatoms. The molecule has 0 unspecified atom stereocenters. The van der Waals surface area contributed by atoms with Crippen molar-refractivity contribution in [3.05, 3.63) is 24.3 Å². The average Bonchev–Trinajstić information content (AvgIpc) is 2.20. The molecule has 0 spiro atoms. The van der Waals surface area contributed by atoms with Crippen LogP contribution in [0.4, 0.5) is 0 Å². The van der Waals surface area contributed by atoms with Crippen molar-refractivity contribution in [2.75, 3.05) is 0 Å². The second-order valence-electron chi connectivity index (χ2n) is 3.36. The van der Waals surface area contributed by atoms with Crippen molar-refractivity contribution in [2.24, 2.45) is 0 Å². The SMILES string of the molecule is C[C@H]1OC(=O)/C=C\[C@H](O)/C=C/[C@H](O)[C@H]1O. The average molecular weight is 214 g/mol. The van der Waals surface area contributed by atoms with E-state index in [2.05, 4.69) is 0 Å². The van der Waals surface area contributed by atoms with E-state index in [0.29, 0.717) is 0 Å². The molecule has 0 amide bonds. The molecule has 1 aliphatic rings. The van der Waals surface area contributed by atoms with E-state index in [1.54, 1.807) is 0 Å². The van der Waals surface area contributed by atoms with E-state index in [0.717, 1.165) is 6.08 Å². The first-order chi connectivity index (χ1) is 7.00. The summed E-state index contributed by atoms with van der Waals surface area (Å²) in [5, 5.41) is 28.1. The van der Waals surface area contributed by atoms with E-state index in [9.17, 15) is 20.1 Å². The van der Waals surface area contributed by atoms with Crippen molar-refractivity contribution < 1.29 is 24.9 Å².